The van der Waals surface area contributed by atoms with Gasteiger partial charge in [-0.1, -0.05) is 30.3 Å². The lowest BCUT2D eigenvalue weighted by Crippen LogP contribution is -2.49. The summed E-state index contributed by atoms with van der Waals surface area (Å²) in [4.78, 5) is 46.3. The van der Waals surface area contributed by atoms with Gasteiger partial charge in [0, 0.05) is 58.7 Å². The fourth-order valence-corrected chi connectivity index (χ4v) is 4.59. The van der Waals surface area contributed by atoms with Gasteiger partial charge in [-0.3, -0.25) is 23.6 Å². The first kappa shape index (κ1) is 24.7. The van der Waals surface area contributed by atoms with E-state index in [2.05, 4.69) is 39.5 Å². The molecule has 3 heterocycles. The largest absolute Gasteiger partial charge is 0.340 e. The van der Waals surface area contributed by atoms with Crippen molar-refractivity contribution in [1.29, 1.82) is 0 Å². The Balaban J connectivity index is 1.24. The number of benzene rings is 1. The Morgan fingerprint density at radius 3 is 2.31 bits per heavy atom. The maximum absolute atomic E-state index is 12.6. The molecule has 1 aromatic carbocycles. The summed E-state index contributed by atoms with van der Waals surface area (Å²) in [6.07, 6.45) is 1.28. The summed E-state index contributed by atoms with van der Waals surface area (Å²) in [5, 5.41) is 2.78. The number of nitrogens with one attached hydrogen (secondary N) is 1. The number of hydrogen-bond acceptors (Lipinski definition) is 5. The first-order chi connectivity index (χ1) is 17.0. The lowest BCUT2D eigenvalue weighted by Gasteiger charge is -2.34. The highest BCUT2D eigenvalue weighted by molar-refractivity contribution is 5.93. The summed E-state index contributed by atoms with van der Waals surface area (Å²) in [6, 6.07) is 13.9. The third kappa shape index (κ3) is 5.79. The molecule has 1 fully saturated rings. The second-order valence-electron chi connectivity index (χ2n) is 8.82. The number of nitrogens with zero attached hydrogens (tertiary/aromatic N) is 5. The maximum Gasteiger partial charge on any atom is 0.330 e. The highest BCUT2D eigenvalue weighted by Crippen LogP contribution is 2.15. The van der Waals surface area contributed by atoms with Gasteiger partial charge >= 0.3 is 5.69 Å². The number of aromatic nitrogens is 3. The van der Waals surface area contributed by atoms with Gasteiger partial charge in [-0.25, -0.2) is 9.78 Å². The van der Waals surface area contributed by atoms with Crippen molar-refractivity contribution in [2.24, 2.45) is 0 Å². The molecule has 0 bridgehead atoms. The average molecular weight is 479 g/mol. The van der Waals surface area contributed by atoms with Gasteiger partial charge < -0.3 is 10.2 Å². The molecule has 2 amide bonds. The van der Waals surface area contributed by atoms with Crippen LogP contribution in [0.25, 0.3) is 11.2 Å². The molecule has 0 spiro atoms. The molecular formula is C26H34N6O3. The second-order valence-corrected chi connectivity index (χ2v) is 8.82. The molecule has 0 aliphatic carbocycles. The van der Waals surface area contributed by atoms with Crippen molar-refractivity contribution in [3.05, 3.63) is 58.5 Å². The highest BCUT2D eigenvalue weighted by atomic mass is 16.2. The van der Waals surface area contributed by atoms with Crippen molar-refractivity contribution in [1.82, 2.24) is 23.9 Å². The third-order valence-corrected chi connectivity index (χ3v) is 6.61. The van der Waals surface area contributed by atoms with E-state index < -0.39 is 0 Å². The number of piperazine rings is 1. The van der Waals surface area contributed by atoms with Crippen LogP contribution in [-0.2, 0) is 29.1 Å². The van der Waals surface area contributed by atoms with Crippen LogP contribution in [-0.4, -0.2) is 68.5 Å². The van der Waals surface area contributed by atoms with Crippen LogP contribution in [0.1, 0.15) is 32.3 Å². The van der Waals surface area contributed by atoms with E-state index in [1.54, 1.807) is 21.3 Å². The highest BCUT2D eigenvalue weighted by Gasteiger charge is 2.21. The Hall–Kier alpha value is -3.46. The lowest BCUT2D eigenvalue weighted by molar-refractivity contribution is -0.134. The Labute approximate surface area is 205 Å². The van der Waals surface area contributed by atoms with Crippen LogP contribution in [0, 0.1) is 0 Å². The molecule has 0 unspecified atom stereocenters. The zero-order chi connectivity index (χ0) is 24.8. The molecule has 1 N–H and O–H groups in total. The van der Waals surface area contributed by atoms with E-state index >= 15 is 0 Å². The summed E-state index contributed by atoms with van der Waals surface area (Å²) in [6.45, 7) is 8.93. The van der Waals surface area contributed by atoms with Crippen LogP contribution in [0.4, 0.5) is 5.82 Å². The summed E-state index contributed by atoms with van der Waals surface area (Å²) in [5.74, 6) is 0.135. The van der Waals surface area contributed by atoms with Gasteiger partial charge in [0.25, 0.3) is 0 Å². The molecule has 2 aromatic heterocycles. The maximum atomic E-state index is 12.6. The number of pyridine rings is 1. The zero-order valence-corrected chi connectivity index (χ0v) is 20.6. The van der Waals surface area contributed by atoms with Gasteiger partial charge in [0.15, 0.2) is 5.65 Å². The lowest BCUT2D eigenvalue weighted by atomic mass is 10.1. The minimum absolute atomic E-state index is 0.00566. The molecule has 3 aromatic rings. The smallest absolute Gasteiger partial charge is 0.330 e. The van der Waals surface area contributed by atoms with Crippen molar-refractivity contribution in [2.75, 3.05) is 38.0 Å². The van der Waals surface area contributed by atoms with Crippen molar-refractivity contribution in [2.45, 2.75) is 46.2 Å². The first-order valence-corrected chi connectivity index (χ1v) is 12.4. The molecule has 0 radical (unpaired) electrons. The molecule has 1 aliphatic rings. The summed E-state index contributed by atoms with van der Waals surface area (Å²) < 4.78 is 3.26. The molecular weight excluding hydrogens is 444 g/mol. The van der Waals surface area contributed by atoms with Crippen molar-refractivity contribution < 1.29 is 9.59 Å². The number of rotatable bonds is 9. The van der Waals surface area contributed by atoms with E-state index in [1.807, 2.05) is 24.8 Å². The Kier molecular flexibility index (Phi) is 7.97. The normalized spacial score (nSPS) is 14.4. The SMILES string of the molecule is CCn1c(=O)n(CC)c2nc(NC(=O)CCC(=O)N3CCN(CCc4ccccc4)CC3)ccc21. The summed E-state index contributed by atoms with van der Waals surface area (Å²) in [5.41, 5.74) is 2.52. The fraction of sp³-hybridized carbons (Fsp3) is 0.462. The van der Waals surface area contributed by atoms with E-state index in [4.69, 9.17) is 0 Å². The molecule has 186 valence electrons. The molecule has 0 atom stereocenters. The monoisotopic (exact) mass is 478 g/mol. The van der Waals surface area contributed by atoms with E-state index in [9.17, 15) is 14.4 Å². The van der Waals surface area contributed by atoms with Gasteiger partial charge in [-0.15, -0.1) is 0 Å². The number of fused-ring (bicyclic) bond motifs is 1. The molecule has 1 aliphatic heterocycles. The average Bonchev–Trinajstić information content (AvgIpc) is 3.16. The minimum atomic E-state index is -0.257. The molecule has 1 saturated heterocycles. The van der Waals surface area contributed by atoms with E-state index in [0.717, 1.165) is 31.6 Å². The second kappa shape index (κ2) is 11.3. The van der Waals surface area contributed by atoms with Gasteiger partial charge in [0.1, 0.15) is 5.82 Å². The van der Waals surface area contributed by atoms with Gasteiger partial charge in [0.05, 0.1) is 5.52 Å². The number of amides is 2. The molecule has 4 rings (SSSR count). The fourth-order valence-electron chi connectivity index (χ4n) is 4.59. The zero-order valence-electron chi connectivity index (χ0n) is 20.6. The van der Waals surface area contributed by atoms with Crippen LogP contribution in [0.3, 0.4) is 0 Å². The van der Waals surface area contributed by atoms with Crippen molar-refractivity contribution in [3.8, 4) is 0 Å². The van der Waals surface area contributed by atoms with Crippen molar-refractivity contribution in [3.63, 3.8) is 0 Å². The topological polar surface area (TPSA) is 92.5 Å². The number of carbonyl (C=O) groups excluding carboxylic acids is 2. The van der Waals surface area contributed by atoms with Crippen LogP contribution < -0.4 is 11.0 Å². The molecule has 35 heavy (non-hydrogen) atoms. The van der Waals surface area contributed by atoms with E-state index in [1.165, 1.54) is 5.56 Å². The minimum Gasteiger partial charge on any atom is -0.340 e. The molecule has 0 saturated carbocycles. The molecule has 9 nitrogen and oxygen atoms in total. The van der Waals surface area contributed by atoms with Gasteiger partial charge in [0.2, 0.25) is 11.8 Å². The Morgan fingerprint density at radius 1 is 0.914 bits per heavy atom. The van der Waals surface area contributed by atoms with Gasteiger partial charge in [-0.2, -0.15) is 0 Å². The summed E-state index contributed by atoms with van der Waals surface area (Å²) >= 11 is 0. The number of aryl methyl sites for hydroxylation is 2. The predicted octanol–water partition coefficient (Wildman–Crippen LogP) is 2.34. The van der Waals surface area contributed by atoms with Gasteiger partial charge in [-0.05, 0) is 38.0 Å². The van der Waals surface area contributed by atoms with Crippen molar-refractivity contribution >= 4 is 28.8 Å². The number of anilines is 1. The Morgan fingerprint density at radius 2 is 1.63 bits per heavy atom. The standard InChI is InChI=1S/C26H34N6O3/c1-3-31-21-10-11-22(28-25(21)32(4-2)26(31)35)27-23(33)12-13-24(34)30-18-16-29(17-19-30)15-14-20-8-6-5-7-9-20/h5-11H,3-4,12-19H2,1-2H3,(H,27,28,33). The van der Waals surface area contributed by atoms with E-state index in [-0.39, 0.29) is 30.3 Å². The van der Waals surface area contributed by atoms with E-state index in [0.29, 0.717) is 37.6 Å². The number of imidazole rings is 1. The number of carbonyl (C=O) groups is 2. The Bertz CT molecular complexity index is 1230. The van der Waals surface area contributed by atoms with Crippen LogP contribution in [0.5, 0.6) is 0 Å². The number of hydrogen-bond donors (Lipinski definition) is 1. The van der Waals surface area contributed by atoms with Crippen LogP contribution in [0.2, 0.25) is 0 Å². The van der Waals surface area contributed by atoms with Crippen LogP contribution >= 0.6 is 0 Å². The molecule has 9 heteroatoms. The summed E-state index contributed by atoms with van der Waals surface area (Å²) in [7, 11) is 0. The third-order valence-electron chi connectivity index (χ3n) is 6.61. The first-order valence-electron chi connectivity index (χ1n) is 12.4. The predicted molar refractivity (Wildman–Crippen MR) is 136 cm³/mol. The quantitative estimate of drug-likeness (QED) is 0.510. The van der Waals surface area contributed by atoms with Crippen LogP contribution in [0.15, 0.2) is 47.3 Å².